The van der Waals surface area contributed by atoms with Crippen LogP contribution in [0.15, 0.2) is 20.5 Å². The molecule has 6 heteroatoms. The fraction of sp³-hybridized carbons (Fsp3) is 0.444. The molecule has 0 heterocycles. The molecule has 1 aliphatic rings. The predicted molar refractivity (Wildman–Crippen MR) is 61.3 cm³/mol. The molecule has 4 nitrogen and oxygen atoms in total. The Bertz CT molecular complexity index is 383. The summed E-state index contributed by atoms with van der Waals surface area (Å²) in [5.41, 5.74) is -1.55. The second-order valence-electron chi connectivity index (χ2n) is 3.14. The van der Waals surface area contributed by atoms with Gasteiger partial charge in [0.25, 0.3) is 0 Å². The minimum atomic E-state index is -1.55. The highest BCUT2D eigenvalue weighted by atomic mass is 79.9. The van der Waals surface area contributed by atoms with E-state index in [1.807, 2.05) is 6.07 Å². The van der Waals surface area contributed by atoms with Crippen molar-refractivity contribution in [2.75, 3.05) is 7.11 Å². The SMILES string of the molecule is COC1=C(Br)CC(O)(CC#N)C(O)=C1Br. The number of hydrogen-bond acceptors (Lipinski definition) is 4. The van der Waals surface area contributed by atoms with E-state index in [0.29, 0.717) is 10.2 Å². The molecule has 0 saturated heterocycles. The van der Waals surface area contributed by atoms with Crippen molar-refractivity contribution in [3.05, 3.63) is 20.5 Å². The zero-order valence-corrected chi connectivity index (χ0v) is 11.1. The average molecular weight is 339 g/mol. The summed E-state index contributed by atoms with van der Waals surface area (Å²) in [5, 5.41) is 28.3. The normalized spacial score (nSPS) is 26.6. The Balaban J connectivity index is 3.19. The Morgan fingerprint density at radius 3 is 2.67 bits per heavy atom. The van der Waals surface area contributed by atoms with Gasteiger partial charge in [-0.15, -0.1) is 0 Å². The standard InChI is InChI=1S/C9H9Br2NO3/c1-15-7-5(10)4-9(14,2-3-12)8(13)6(7)11/h13-14H,2,4H2,1H3. The number of nitriles is 1. The van der Waals surface area contributed by atoms with E-state index in [2.05, 4.69) is 31.9 Å². The molecule has 0 fully saturated rings. The number of hydrogen-bond donors (Lipinski definition) is 2. The van der Waals surface area contributed by atoms with Gasteiger partial charge in [-0.25, -0.2) is 0 Å². The second kappa shape index (κ2) is 4.56. The maximum atomic E-state index is 10.0. The Morgan fingerprint density at radius 2 is 2.20 bits per heavy atom. The van der Waals surface area contributed by atoms with Gasteiger partial charge >= 0.3 is 0 Å². The molecule has 0 saturated carbocycles. The van der Waals surface area contributed by atoms with Crippen LogP contribution < -0.4 is 0 Å². The molecule has 0 aromatic carbocycles. The summed E-state index contributed by atoms with van der Waals surface area (Å²) < 4.78 is 5.90. The summed E-state index contributed by atoms with van der Waals surface area (Å²) in [6, 6.07) is 1.83. The van der Waals surface area contributed by atoms with Gasteiger partial charge < -0.3 is 14.9 Å². The summed E-state index contributed by atoms with van der Waals surface area (Å²) >= 11 is 6.35. The van der Waals surface area contributed by atoms with Gasteiger partial charge in [-0.3, -0.25) is 0 Å². The molecule has 0 amide bonds. The molecule has 1 atom stereocenters. The lowest BCUT2D eigenvalue weighted by Gasteiger charge is -2.30. The zero-order chi connectivity index (χ0) is 11.6. The van der Waals surface area contributed by atoms with Crippen molar-refractivity contribution >= 4 is 31.9 Å². The highest BCUT2D eigenvalue weighted by molar-refractivity contribution is 9.12. The molecule has 0 aromatic heterocycles. The van der Waals surface area contributed by atoms with Crippen LogP contribution in [0, 0.1) is 11.3 Å². The van der Waals surface area contributed by atoms with Crippen molar-refractivity contribution in [2.45, 2.75) is 18.4 Å². The van der Waals surface area contributed by atoms with Gasteiger partial charge in [-0.1, -0.05) is 15.9 Å². The summed E-state index contributed by atoms with van der Waals surface area (Å²) in [5.74, 6) is 0.152. The summed E-state index contributed by atoms with van der Waals surface area (Å²) in [4.78, 5) is 0. The first-order chi connectivity index (χ1) is 6.96. The largest absolute Gasteiger partial charge is 0.508 e. The molecular weight excluding hydrogens is 330 g/mol. The zero-order valence-electron chi connectivity index (χ0n) is 7.92. The third-order valence-corrected chi connectivity index (χ3v) is 3.49. The van der Waals surface area contributed by atoms with E-state index in [9.17, 15) is 10.2 Å². The molecule has 82 valence electrons. The van der Waals surface area contributed by atoms with Crippen LogP contribution in [0.5, 0.6) is 0 Å². The van der Waals surface area contributed by atoms with E-state index in [1.165, 1.54) is 7.11 Å². The van der Waals surface area contributed by atoms with E-state index < -0.39 is 5.60 Å². The molecule has 0 spiro atoms. The average Bonchev–Trinajstić information content (AvgIpc) is 2.15. The third-order valence-electron chi connectivity index (χ3n) is 2.12. The molecule has 0 radical (unpaired) electrons. The van der Waals surface area contributed by atoms with E-state index in [4.69, 9.17) is 10.00 Å². The van der Waals surface area contributed by atoms with Crippen LogP contribution in [-0.4, -0.2) is 22.9 Å². The van der Waals surface area contributed by atoms with Gasteiger partial charge in [0.2, 0.25) is 0 Å². The molecule has 0 aliphatic heterocycles. The number of aliphatic hydroxyl groups excluding tert-OH is 1. The van der Waals surface area contributed by atoms with E-state index in [-0.39, 0.29) is 23.1 Å². The van der Waals surface area contributed by atoms with Crippen LogP contribution in [-0.2, 0) is 4.74 Å². The van der Waals surface area contributed by atoms with E-state index >= 15 is 0 Å². The minimum Gasteiger partial charge on any atom is -0.508 e. The Hall–Kier alpha value is -0.510. The maximum absolute atomic E-state index is 10.0. The lowest BCUT2D eigenvalue weighted by molar-refractivity contribution is 0.0361. The number of ether oxygens (including phenoxy) is 1. The van der Waals surface area contributed by atoms with Crippen LogP contribution in [0.25, 0.3) is 0 Å². The molecular formula is C9H9Br2NO3. The van der Waals surface area contributed by atoms with Gasteiger partial charge in [0.1, 0.15) is 21.6 Å². The fourth-order valence-electron chi connectivity index (χ4n) is 1.33. The third kappa shape index (κ3) is 2.19. The summed E-state index contributed by atoms with van der Waals surface area (Å²) in [6.07, 6.45) is -0.0648. The molecule has 1 aliphatic carbocycles. The van der Waals surface area contributed by atoms with Crippen molar-refractivity contribution in [3.8, 4) is 6.07 Å². The second-order valence-corrected chi connectivity index (χ2v) is 4.89. The smallest absolute Gasteiger partial charge is 0.146 e. The number of aliphatic hydroxyl groups is 2. The Kier molecular flexibility index (Phi) is 3.82. The van der Waals surface area contributed by atoms with Crippen LogP contribution in [0.3, 0.4) is 0 Å². The van der Waals surface area contributed by atoms with Crippen LogP contribution in [0.1, 0.15) is 12.8 Å². The van der Waals surface area contributed by atoms with Gasteiger partial charge in [-0.05, 0) is 15.9 Å². The first-order valence-corrected chi connectivity index (χ1v) is 5.66. The molecule has 1 rings (SSSR count). The molecule has 2 N–H and O–H groups in total. The van der Waals surface area contributed by atoms with Crippen molar-refractivity contribution in [1.82, 2.24) is 0 Å². The number of halogens is 2. The monoisotopic (exact) mass is 337 g/mol. The molecule has 0 bridgehead atoms. The van der Waals surface area contributed by atoms with Crippen molar-refractivity contribution in [2.24, 2.45) is 0 Å². The predicted octanol–water partition coefficient (Wildman–Crippen LogP) is 2.45. The molecule has 1 unspecified atom stereocenters. The summed E-state index contributed by atoms with van der Waals surface area (Å²) in [6.45, 7) is 0. The van der Waals surface area contributed by atoms with Crippen molar-refractivity contribution in [1.29, 1.82) is 5.26 Å². The number of allylic oxidation sites excluding steroid dienone is 1. The highest BCUT2D eigenvalue weighted by Crippen LogP contribution is 2.42. The Morgan fingerprint density at radius 1 is 1.60 bits per heavy atom. The lowest BCUT2D eigenvalue weighted by Crippen LogP contribution is -2.34. The summed E-state index contributed by atoms with van der Waals surface area (Å²) in [7, 11) is 1.46. The maximum Gasteiger partial charge on any atom is 0.146 e. The van der Waals surface area contributed by atoms with Crippen LogP contribution >= 0.6 is 31.9 Å². The highest BCUT2D eigenvalue weighted by Gasteiger charge is 2.40. The molecule has 0 aromatic rings. The van der Waals surface area contributed by atoms with Crippen molar-refractivity contribution in [3.63, 3.8) is 0 Å². The number of methoxy groups -OCH3 is 1. The van der Waals surface area contributed by atoms with Gasteiger partial charge in [0.15, 0.2) is 0 Å². The molecule has 15 heavy (non-hydrogen) atoms. The van der Waals surface area contributed by atoms with Gasteiger partial charge in [0, 0.05) is 10.9 Å². The van der Waals surface area contributed by atoms with E-state index in [1.54, 1.807) is 0 Å². The van der Waals surface area contributed by atoms with Crippen LogP contribution in [0.4, 0.5) is 0 Å². The quantitative estimate of drug-likeness (QED) is 0.811. The lowest BCUT2D eigenvalue weighted by atomic mass is 9.89. The minimum absolute atomic E-state index is 0.116. The number of nitrogens with zero attached hydrogens (tertiary/aromatic N) is 1. The Labute approximate surface area is 104 Å². The van der Waals surface area contributed by atoms with Gasteiger partial charge in [-0.2, -0.15) is 5.26 Å². The number of rotatable bonds is 2. The van der Waals surface area contributed by atoms with Crippen LogP contribution in [0.2, 0.25) is 0 Å². The first kappa shape index (κ1) is 12.6. The van der Waals surface area contributed by atoms with E-state index in [0.717, 1.165) is 0 Å². The first-order valence-electron chi connectivity index (χ1n) is 4.08. The fourth-order valence-corrected chi connectivity index (χ4v) is 3.19. The van der Waals surface area contributed by atoms with Gasteiger partial charge in [0.05, 0.1) is 19.6 Å². The topological polar surface area (TPSA) is 73.5 Å². The van der Waals surface area contributed by atoms with Crippen molar-refractivity contribution < 1.29 is 14.9 Å².